The van der Waals surface area contributed by atoms with Crippen LogP contribution in [0.2, 0.25) is 0 Å². The summed E-state index contributed by atoms with van der Waals surface area (Å²) in [6.45, 7) is 4.48. The Morgan fingerprint density at radius 1 is 1.35 bits per heavy atom. The molecule has 1 saturated carbocycles. The van der Waals surface area contributed by atoms with Crippen LogP contribution in [0.4, 0.5) is 11.5 Å². The van der Waals surface area contributed by atoms with E-state index in [-0.39, 0.29) is 10.6 Å². The molecule has 1 N–H and O–H groups in total. The van der Waals surface area contributed by atoms with Crippen molar-refractivity contribution in [2.24, 2.45) is 0 Å². The van der Waals surface area contributed by atoms with Gasteiger partial charge in [-0.2, -0.15) is 5.10 Å². The third kappa shape index (κ3) is 3.29. The maximum atomic E-state index is 11.3. The Labute approximate surface area is 119 Å². The number of rotatable bonds is 5. The molecule has 0 bridgehead atoms. The Morgan fingerprint density at radius 2 is 2.00 bits per heavy atom. The maximum Gasteiger partial charge on any atom is 0.333 e. The SMILES string of the molecule is CCCn1nc(C)c([N+](=O)[O-])c1NC1CCCCCC1. The Bertz CT molecular complexity index is 462. The van der Waals surface area contributed by atoms with E-state index in [0.717, 1.165) is 19.3 Å². The highest BCUT2D eigenvalue weighted by atomic mass is 16.6. The zero-order valence-electron chi connectivity index (χ0n) is 12.4. The summed E-state index contributed by atoms with van der Waals surface area (Å²) in [5, 5.41) is 19.0. The lowest BCUT2D eigenvalue weighted by atomic mass is 10.1. The molecule has 0 radical (unpaired) electrons. The summed E-state index contributed by atoms with van der Waals surface area (Å²) >= 11 is 0. The summed E-state index contributed by atoms with van der Waals surface area (Å²) in [4.78, 5) is 11.0. The summed E-state index contributed by atoms with van der Waals surface area (Å²) < 4.78 is 1.76. The molecule has 1 aliphatic rings. The fraction of sp³-hybridized carbons (Fsp3) is 0.786. The van der Waals surface area contributed by atoms with Crippen molar-refractivity contribution in [3.63, 3.8) is 0 Å². The van der Waals surface area contributed by atoms with Crippen molar-refractivity contribution in [3.05, 3.63) is 15.8 Å². The average Bonchev–Trinajstić information content (AvgIpc) is 2.57. The largest absolute Gasteiger partial charge is 0.362 e. The van der Waals surface area contributed by atoms with Crippen molar-refractivity contribution in [2.45, 2.75) is 71.4 Å². The third-order valence-corrected chi connectivity index (χ3v) is 3.91. The lowest BCUT2D eigenvalue weighted by molar-refractivity contribution is -0.384. The van der Waals surface area contributed by atoms with E-state index in [9.17, 15) is 10.1 Å². The molecule has 1 aromatic rings. The van der Waals surface area contributed by atoms with Gasteiger partial charge in [0.25, 0.3) is 0 Å². The second kappa shape index (κ2) is 6.72. The minimum absolute atomic E-state index is 0.141. The summed E-state index contributed by atoms with van der Waals surface area (Å²) in [5.41, 5.74) is 0.641. The molecule has 1 fully saturated rings. The lowest BCUT2D eigenvalue weighted by Gasteiger charge is -2.17. The lowest BCUT2D eigenvalue weighted by Crippen LogP contribution is -2.21. The minimum Gasteiger partial charge on any atom is -0.362 e. The second-order valence-corrected chi connectivity index (χ2v) is 5.60. The highest BCUT2D eigenvalue weighted by molar-refractivity contribution is 5.60. The summed E-state index contributed by atoms with van der Waals surface area (Å²) in [6.07, 6.45) is 8.04. The van der Waals surface area contributed by atoms with Crippen LogP contribution in [0, 0.1) is 17.0 Å². The Kier molecular flexibility index (Phi) is 4.98. The first kappa shape index (κ1) is 14.8. The molecule has 0 unspecified atom stereocenters. The molecule has 0 aromatic carbocycles. The van der Waals surface area contributed by atoms with Crippen LogP contribution < -0.4 is 5.32 Å². The van der Waals surface area contributed by atoms with E-state index in [1.807, 2.05) is 0 Å². The Hall–Kier alpha value is -1.59. The fourth-order valence-electron chi connectivity index (χ4n) is 2.92. The van der Waals surface area contributed by atoms with Gasteiger partial charge in [0, 0.05) is 12.6 Å². The molecule has 6 nitrogen and oxygen atoms in total. The Balaban J connectivity index is 2.24. The predicted octanol–water partition coefficient (Wildman–Crippen LogP) is 3.64. The van der Waals surface area contributed by atoms with E-state index >= 15 is 0 Å². The molecule has 0 spiro atoms. The number of hydrogen-bond acceptors (Lipinski definition) is 4. The second-order valence-electron chi connectivity index (χ2n) is 5.60. The maximum absolute atomic E-state index is 11.3. The van der Waals surface area contributed by atoms with Crippen LogP contribution in [0.3, 0.4) is 0 Å². The van der Waals surface area contributed by atoms with E-state index < -0.39 is 0 Å². The minimum atomic E-state index is -0.312. The first-order valence-electron chi connectivity index (χ1n) is 7.61. The highest BCUT2D eigenvalue weighted by Gasteiger charge is 2.27. The van der Waals surface area contributed by atoms with Crippen molar-refractivity contribution >= 4 is 11.5 Å². The summed E-state index contributed by atoms with van der Waals surface area (Å²) in [6, 6.07) is 0.336. The molecule has 6 heteroatoms. The normalized spacial score (nSPS) is 16.9. The molecule has 1 aliphatic carbocycles. The van der Waals surface area contributed by atoms with Gasteiger partial charge in [-0.15, -0.1) is 0 Å². The zero-order valence-corrected chi connectivity index (χ0v) is 12.4. The first-order valence-corrected chi connectivity index (χ1v) is 7.61. The van der Waals surface area contributed by atoms with Crippen LogP contribution in [-0.4, -0.2) is 20.7 Å². The molecule has 2 rings (SSSR count). The van der Waals surface area contributed by atoms with Gasteiger partial charge in [0.05, 0.1) is 4.92 Å². The number of nitrogens with one attached hydrogen (secondary N) is 1. The van der Waals surface area contributed by atoms with Crippen molar-refractivity contribution in [2.75, 3.05) is 5.32 Å². The number of nitrogens with zero attached hydrogens (tertiary/aromatic N) is 3. The standard InChI is InChI=1S/C14H24N4O2/c1-3-10-17-14(13(18(19)20)11(2)16-17)15-12-8-6-4-5-7-9-12/h12,15H,3-10H2,1-2H3. The number of aryl methyl sites for hydroxylation is 2. The quantitative estimate of drug-likeness (QED) is 0.507. The van der Waals surface area contributed by atoms with Gasteiger partial charge in [0.1, 0.15) is 5.69 Å². The van der Waals surface area contributed by atoms with Crippen molar-refractivity contribution in [1.29, 1.82) is 0 Å². The van der Waals surface area contributed by atoms with Gasteiger partial charge >= 0.3 is 5.69 Å². The highest BCUT2D eigenvalue weighted by Crippen LogP contribution is 2.31. The summed E-state index contributed by atoms with van der Waals surface area (Å²) in [7, 11) is 0. The van der Waals surface area contributed by atoms with Crippen molar-refractivity contribution in [1.82, 2.24) is 9.78 Å². The van der Waals surface area contributed by atoms with Gasteiger partial charge < -0.3 is 5.32 Å². The number of hydrogen-bond donors (Lipinski definition) is 1. The zero-order chi connectivity index (χ0) is 14.5. The van der Waals surface area contributed by atoms with Gasteiger partial charge in [-0.05, 0) is 26.2 Å². The molecule has 112 valence electrons. The average molecular weight is 280 g/mol. The van der Waals surface area contributed by atoms with Crippen LogP contribution in [0.25, 0.3) is 0 Å². The molecule has 0 atom stereocenters. The van der Waals surface area contributed by atoms with Gasteiger partial charge in [-0.25, -0.2) is 4.68 Å². The van der Waals surface area contributed by atoms with E-state index in [2.05, 4.69) is 17.3 Å². The number of aromatic nitrogens is 2. The van der Waals surface area contributed by atoms with Crippen molar-refractivity contribution < 1.29 is 4.92 Å². The molecule has 20 heavy (non-hydrogen) atoms. The fourth-order valence-corrected chi connectivity index (χ4v) is 2.92. The van der Waals surface area contributed by atoms with Gasteiger partial charge in [-0.3, -0.25) is 10.1 Å². The van der Waals surface area contributed by atoms with Crippen LogP contribution in [0.5, 0.6) is 0 Å². The molecule has 1 aromatic heterocycles. The van der Waals surface area contributed by atoms with Gasteiger partial charge in [0.2, 0.25) is 5.82 Å². The van der Waals surface area contributed by atoms with Crippen LogP contribution in [-0.2, 0) is 6.54 Å². The topological polar surface area (TPSA) is 73.0 Å². The van der Waals surface area contributed by atoms with Crippen LogP contribution >= 0.6 is 0 Å². The van der Waals surface area contributed by atoms with Crippen LogP contribution in [0.15, 0.2) is 0 Å². The monoisotopic (exact) mass is 280 g/mol. The van der Waals surface area contributed by atoms with E-state index in [0.29, 0.717) is 24.1 Å². The van der Waals surface area contributed by atoms with Crippen LogP contribution in [0.1, 0.15) is 57.6 Å². The van der Waals surface area contributed by atoms with Crippen molar-refractivity contribution in [3.8, 4) is 0 Å². The molecule has 0 aliphatic heterocycles. The predicted molar refractivity (Wildman–Crippen MR) is 79.0 cm³/mol. The smallest absolute Gasteiger partial charge is 0.333 e. The molecule has 0 saturated heterocycles. The Morgan fingerprint density at radius 3 is 2.55 bits per heavy atom. The molecular weight excluding hydrogens is 256 g/mol. The third-order valence-electron chi connectivity index (χ3n) is 3.91. The van der Waals surface area contributed by atoms with Gasteiger partial charge in [0.15, 0.2) is 0 Å². The summed E-state index contributed by atoms with van der Waals surface area (Å²) in [5.74, 6) is 0.598. The molecule has 1 heterocycles. The number of nitro groups is 1. The first-order chi connectivity index (χ1) is 9.63. The van der Waals surface area contributed by atoms with E-state index in [1.54, 1.807) is 11.6 Å². The molecule has 0 amide bonds. The molecular formula is C14H24N4O2. The van der Waals surface area contributed by atoms with E-state index in [1.165, 1.54) is 25.7 Å². The van der Waals surface area contributed by atoms with Gasteiger partial charge in [-0.1, -0.05) is 32.6 Å². The van der Waals surface area contributed by atoms with E-state index in [4.69, 9.17) is 0 Å². The number of anilines is 1.